The molecule has 0 saturated carbocycles. The Morgan fingerprint density at radius 3 is 2.17 bits per heavy atom. The first-order chi connectivity index (χ1) is 8.67. The van der Waals surface area contributed by atoms with Gasteiger partial charge in [0.15, 0.2) is 0 Å². The number of aryl methyl sites for hydroxylation is 1. The van der Waals surface area contributed by atoms with E-state index in [2.05, 4.69) is 20.8 Å². The number of hydrogen-bond acceptors (Lipinski definition) is 3. The van der Waals surface area contributed by atoms with Crippen LogP contribution in [-0.2, 0) is 24.0 Å². The summed E-state index contributed by atoms with van der Waals surface area (Å²) in [7, 11) is 0. The fourth-order valence-electron chi connectivity index (χ4n) is 2.21. The van der Waals surface area contributed by atoms with Crippen LogP contribution in [0.5, 0.6) is 5.75 Å². The highest BCUT2D eigenvalue weighted by Gasteiger charge is 2.14. The highest BCUT2D eigenvalue weighted by molar-refractivity contribution is 5.65. The summed E-state index contributed by atoms with van der Waals surface area (Å²) in [5.74, 6) is 0.630. The molecular weight excluding hydrogens is 228 g/mol. The van der Waals surface area contributed by atoms with Gasteiger partial charge in [-0.2, -0.15) is 0 Å². The molecule has 0 unspecified atom stereocenters. The summed E-state index contributed by atoms with van der Waals surface area (Å²) in [5.41, 5.74) is 3.73. The van der Waals surface area contributed by atoms with E-state index >= 15 is 0 Å². The minimum absolute atomic E-state index is 0.327. The van der Waals surface area contributed by atoms with Crippen molar-refractivity contribution in [3.8, 4) is 5.75 Å². The van der Waals surface area contributed by atoms with Crippen molar-refractivity contribution < 1.29 is 14.3 Å². The predicted octanol–water partition coefficient (Wildman–Crippen LogP) is 3.91. The van der Waals surface area contributed by atoms with Crippen LogP contribution in [0, 0.1) is 0 Å². The second-order valence-electron chi connectivity index (χ2n) is 4.03. The molecule has 0 radical (unpaired) electrons. The van der Waals surface area contributed by atoms with E-state index in [1.165, 1.54) is 11.1 Å². The molecule has 0 bridgehead atoms. The second kappa shape index (κ2) is 7.04. The van der Waals surface area contributed by atoms with E-state index < -0.39 is 6.16 Å². The second-order valence-corrected chi connectivity index (χ2v) is 4.03. The number of rotatable bonds is 5. The molecule has 0 aliphatic heterocycles. The summed E-state index contributed by atoms with van der Waals surface area (Å²) >= 11 is 0. The largest absolute Gasteiger partial charge is 0.513 e. The van der Waals surface area contributed by atoms with Gasteiger partial charge in [0.1, 0.15) is 5.75 Å². The lowest BCUT2D eigenvalue weighted by atomic mass is 9.95. The third kappa shape index (κ3) is 3.25. The zero-order chi connectivity index (χ0) is 13.5. The first kappa shape index (κ1) is 14.6. The smallest absolute Gasteiger partial charge is 0.434 e. The molecule has 0 aliphatic carbocycles. The van der Waals surface area contributed by atoms with E-state index in [-0.39, 0.29) is 0 Å². The predicted molar refractivity (Wildman–Crippen MR) is 72.2 cm³/mol. The molecule has 0 heterocycles. The molecule has 0 aromatic heterocycles. The van der Waals surface area contributed by atoms with Gasteiger partial charge >= 0.3 is 6.16 Å². The third-order valence-electron chi connectivity index (χ3n) is 3.03. The van der Waals surface area contributed by atoms with Crippen molar-refractivity contribution in [3.05, 3.63) is 28.8 Å². The van der Waals surface area contributed by atoms with Gasteiger partial charge in [-0.05, 0) is 48.9 Å². The highest BCUT2D eigenvalue weighted by Crippen LogP contribution is 2.27. The number of ether oxygens (including phenoxy) is 2. The van der Waals surface area contributed by atoms with Crippen molar-refractivity contribution in [1.82, 2.24) is 0 Å². The zero-order valence-electron chi connectivity index (χ0n) is 11.7. The Balaban J connectivity index is 3.08. The van der Waals surface area contributed by atoms with E-state index in [1.54, 1.807) is 6.92 Å². The van der Waals surface area contributed by atoms with E-state index in [1.807, 2.05) is 12.1 Å². The summed E-state index contributed by atoms with van der Waals surface area (Å²) < 4.78 is 10.1. The molecule has 1 aromatic rings. The Morgan fingerprint density at radius 2 is 1.67 bits per heavy atom. The van der Waals surface area contributed by atoms with Crippen molar-refractivity contribution in [2.45, 2.75) is 47.0 Å². The lowest BCUT2D eigenvalue weighted by Gasteiger charge is -2.15. The summed E-state index contributed by atoms with van der Waals surface area (Å²) in [6, 6.07) is 3.90. The highest BCUT2D eigenvalue weighted by atomic mass is 16.7. The van der Waals surface area contributed by atoms with Crippen LogP contribution in [0.2, 0.25) is 0 Å². The van der Waals surface area contributed by atoms with Crippen LogP contribution in [0.1, 0.15) is 44.4 Å². The summed E-state index contributed by atoms with van der Waals surface area (Å²) in [4.78, 5) is 11.4. The lowest BCUT2D eigenvalue weighted by molar-refractivity contribution is 0.104. The average Bonchev–Trinajstić information content (AvgIpc) is 2.38. The van der Waals surface area contributed by atoms with E-state index in [0.29, 0.717) is 12.4 Å². The summed E-state index contributed by atoms with van der Waals surface area (Å²) in [6.45, 7) is 8.43. The van der Waals surface area contributed by atoms with Gasteiger partial charge < -0.3 is 9.47 Å². The molecule has 0 amide bonds. The molecule has 0 saturated heterocycles. The minimum Gasteiger partial charge on any atom is -0.434 e. The van der Waals surface area contributed by atoms with Gasteiger partial charge in [0.05, 0.1) is 6.61 Å². The SMILES string of the molecule is CCOC(=O)Oc1ccc(CC)c(CC)c1CC. The molecule has 100 valence electrons. The Bertz CT molecular complexity index is 410. The molecule has 0 aliphatic rings. The fourth-order valence-corrected chi connectivity index (χ4v) is 2.21. The summed E-state index contributed by atoms with van der Waals surface area (Å²) in [5, 5.41) is 0. The molecule has 3 nitrogen and oxygen atoms in total. The first-order valence-electron chi connectivity index (χ1n) is 6.65. The van der Waals surface area contributed by atoms with Crippen molar-refractivity contribution in [2.75, 3.05) is 6.61 Å². The Kier molecular flexibility index (Phi) is 5.69. The molecule has 0 spiro atoms. The van der Waals surface area contributed by atoms with Crippen LogP contribution < -0.4 is 4.74 Å². The maximum Gasteiger partial charge on any atom is 0.513 e. The van der Waals surface area contributed by atoms with Crippen LogP contribution in [0.25, 0.3) is 0 Å². The van der Waals surface area contributed by atoms with Crippen LogP contribution in [-0.4, -0.2) is 12.8 Å². The van der Waals surface area contributed by atoms with Crippen molar-refractivity contribution in [2.24, 2.45) is 0 Å². The monoisotopic (exact) mass is 250 g/mol. The van der Waals surface area contributed by atoms with Crippen LogP contribution in [0.4, 0.5) is 4.79 Å². The topological polar surface area (TPSA) is 35.5 Å². The summed E-state index contributed by atoms with van der Waals surface area (Å²) in [6.07, 6.45) is 2.17. The Labute approximate surface area is 109 Å². The molecule has 1 aromatic carbocycles. The van der Waals surface area contributed by atoms with Gasteiger partial charge in [-0.1, -0.05) is 26.8 Å². The maximum absolute atomic E-state index is 11.4. The lowest BCUT2D eigenvalue weighted by Crippen LogP contribution is -2.12. The maximum atomic E-state index is 11.4. The quantitative estimate of drug-likeness (QED) is 0.587. The number of carbonyl (C=O) groups excluding carboxylic acids is 1. The van der Waals surface area contributed by atoms with E-state index in [0.717, 1.165) is 24.8 Å². The van der Waals surface area contributed by atoms with Crippen molar-refractivity contribution >= 4 is 6.16 Å². The third-order valence-corrected chi connectivity index (χ3v) is 3.03. The molecule has 3 heteroatoms. The normalized spacial score (nSPS) is 10.2. The zero-order valence-corrected chi connectivity index (χ0v) is 11.7. The van der Waals surface area contributed by atoms with E-state index in [9.17, 15) is 4.79 Å². The Hall–Kier alpha value is -1.51. The van der Waals surface area contributed by atoms with Gasteiger partial charge in [0.2, 0.25) is 0 Å². The van der Waals surface area contributed by atoms with Crippen LogP contribution in [0.3, 0.4) is 0 Å². The van der Waals surface area contributed by atoms with Gasteiger partial charge in [0.25, 0.3) is 0 Å². The first-order valence-corrected chi connectivity index (χ1v) is 6.65. The molecule has 0 fully saturated rings. The molecule has 18 heavy (non-hydrogen) atoms. The van der Waals surface area contributed by atoms with E-state index in [4.69, 9.17) is 9.47 Å². The number of hydrogen-bond donors (Lipinski definition) is 0. The van der Waals surface area contributed by atoms with Crippen molar-refractivity contribution in [3.63, 3.8) is 0 Å². The number of benzene rings is 1. The van der Waals surface area contributed by atoms with Crippen LogP contribution in [0.15, 0.2) is 12.1 Å². The van der Waals surface area contributed by atoms with Gasteiger partial charge in [-0.15, -0.1) is 0 Å². The van der Waals surface area contributed by atoms with Gasteiger partial charge in [-0.3, -0.25) is 0 Å². The fraction of sp³-hybridized carbons (Fsp3) is 0.533. The van der Waals surface area contributed by atoms with Gasteiger partial charge in [-0.25, -0.2) is 4.79 Å². The molecule has 0 atom stereocenters. The standard InChI is InChI=1S/C15H22O3/c1-5-11-9-10-14(18-15(16)17-8-4)13(7-3)12(11)6-2/h9-10H,5-8H2,1-4H3. The van der Waals surface area contributed by atoms with Crippen LogP contribution >= 0.6 is 0 Å². The van der Waals surface area contributed by atoms with Gasteiger partial charge in [0, 0.05) is 0 Å². The molecule has 0 N–H and O–H groups in total. The molecular formula is C15H22O3. The average molecular weight is 250 g/mol. The molecule has 1 rings (SSSR count). The minimum atomic E-state index is -0.626. The van der Waals surface area contributed by atoms with Crippen molar-refractivity contribution in [1.29, 1.82) is 0 Å². The Morgan fingerprint density at radius 1 is 1.00 bits per heavy atom. The number of carbonyl (C=O) groups is 1.